The average Bonchev–Trinajstić information content (AvgIpc) is 2.99. The summed E-state index contributed by atoms with van der Waals surface area (Å²) >= 11 is 9.29. The van der Waals surface area contributed by atoms with E-state index in [0.29, 0.717) is 11.9 Å². The molecular formula is C13H17ClN2S2. The lowest BCUT2D eigenvalue weighted by molar-refractivity contribution is 0.205. The maximum atomic E-state index is 5.79. The molecule has 0 fully saturated rings. The van der Waals surface area contributed by atoms with Gasteiger partial charge in [0, 0.05) is 22.8 Å². The van der Waals surface area contributed by atoms with Crippen LogP contribution in [0.3, 0.4) is 0 Å². The molecule has 0 atom stereocenters. The molecule has 2 aromatic rings. The van der Waals surface area contributed by atoms with Crippen molar-refractivity contribution in [3.05, 3.63) is 38.5 Å². The zero-order chi connectivity index (χ0) is 13.0. The van der Waals surface area contributed by atoms with Gasteiger partial charge in [0.2, 0.25) is 0 Å². The largest absolute Gasteiger partial charge is 0.289 e. The number of halogens is 1. The standard InChI is InChI=1S/C13H17ClN2S2/c1-10(2)16(7-12-4-3-5-17-12)8-13-15-11(6-14)9-18-13/h3-5,9-10H,6-8H2,1-2H3. The molecule has 2 nitrogen and oxygen atoms in total. The second-order valence-corrected chi connectivity index (χ2v) is 6.69. The van der Waals surface area contributed by atoms with E-state index in [0.717, 1.165) is 23.8 Å². The van der Waals surface area contributed by atoms with Crippen molar-refractivity contribution in [1.29, 1.82) is 0 Å². The van der Waals surface area contributed by atoms with Gasteiger partial charge in [0.25, 0.3) is 0 Å². The van der Waals surface area contributed by atoms with Gasteiger partial charge in [-0.3, -0.25) is 4.90 Å². The van der Waals surface area contributed by atoms with Crippen LogP contribution in [0.4, 0.5) is 0 Å². The number of hydrogen-bond acceptors (Lipinski definition) is 4. The van der Waals surface area contributed by atoms with E-state index in [1.807, 2.05) is 16.7 Å². The van der Waals surface area contributed by atoms with E-state index in [1.165, 1.54) is 4.88 Å². The predicted octanol–water partition coefficient (Wildman–Crippen LogP) is 4.35. The van der Waals surface area contributed by atoms with Crippen LogP contribution in [0.25, 0.3) is 0 Å². The molecule has 0 spiro atoms. The van der Waals surface area contributed by atoms with Crippen LogP contribution in [-0.4, -0.2) is 15.9 Å². The number of thiophene rings is 1. The lowest BCUT2D eigenvalue weighted by Gasteiger charge is -2.24. The van der Waals surface area contributed by atoms with Crippen molar-refractivity contribution < 1.29 is 0 Å². The normalized spacial score (nSPS) is 11.6. The minimum absolute atomic E-state index is 0.503. The third-order valence-corrected chi connectivity index (χ3v) is 4.76. The minimum atomic E-state index is 0.503. The lowest BCUT2D eigenvalue weighted by atomic mass is 10.3. The van der Waals surface area contributed by atoms with Gasteiger partial charge in [-0.2, -0.15) is 0 Å². The Morgan fingerprint density at radius 2 is 2.17 bits per heavy atom. The predicted molar refractivity (Wildman–Crippen MR) is 80.4 cm³/mol. The fourth-order valence-electron chi connectivity index (χ4n) is 1.68. The smallest absolute Gasteiger partial charge is 0.107 e. The number of aromatic nitrogens is 1. The Bertz CT molecular complexity index is 465. The van der Waals surface area contributed by atoms with Crippen LogP contribution in [0.5, 0.6) is 0 Å². The highest BCUT2D eigenvalue weighted by atomic mass is 35.5. The van der Waals surface area contributed by atoms with Crippen molar-refractivity contribution in [1.82, 2.24) is 9.88 Å². The molecule has 2 rings (SSSR count). The lowest BCUT2D eigenvalue weighted by Crippen LogP contribution is -2.29. The molecule has 0 bridgehead atoms. The van der Waals surface area contributed by atoms with Crippen LogP contribution >= 0.6 is 34.3 Å². The van der Waals surface area contributed by atoms with Gasteiger partial charge in [-0.15, -0.1) is 34.3 Å². The highest BCUT2D eigenvalue weighted by Gasteiger charge is 2.13. The molecular weight excluding hydrogens is 284 g/mol. The molecule has 0 saturated carbocycles. The summed E-state index contributed by atoms with van der Waals surface area (Å²) in [4.78, 5) is 8.36. The first kappa shape index (κ1) is 14.0. The number of hydrogen-bond donors (Lipinski definition) is 0. The van der Waals surface area contributed by atoms with Crippen molar-refractivity contribution in [2.75, 3.05) is 0 Å². The van der Waals surface area contributed by atoms with Gasteiger partial charge in [0.05, 0.1) is 18.1 Å². The molecule has 0 aromatic carbocycles. The first-order valence-corrected chi connectivity index (χ1v) is 8.24. The third-order valence-electron chi connectivity index (χ3n) is 2.74. The van der Waals surface area contributed by atoms with Gasteiger partial charge < -0.3 is 0 Å². The van der Waals surface area contributed by atoms with Gasteiger partial charge in [0.1, 0.15) is 5.01 Å². The number of nitrogens with zero attached hydrogens (tertiary/aromatic N) is 2. The van der Waals surface area contributed by atoms with Crippen molar-refractivity contribution in [3.8, 4) is 0 Å². The van der Waals surface area contributed by atoms with Crippen molar-refractivity contribution in [3.63, 3.8) is 0 Å². The maximum Gasteiger partial charge on any atom is 0.107 e. The molecule has 0 N–H and O–H groups in total. The molecule has 98 valence electrons. The van der Waals surface area contributed by atoms with Crippen LogP contribution in [0.2, 0.25) is 0 Å². The molecule has 18 heavy (non-hydrogen) atoms. The first-order valence-electron chi connectivity index (χ1n) is 5.94. The Morgan fingerprint density at radius 3 is 2.72 bits per heavy atom. The third kappa shape index (κ3) is 3.79. The fraction of sp³-hybridized carbons (Fsp3) is 0.462. The van der Waals surface area contributed by atoms with Gasteiger partial charge in [0.15, 0.2) is 0 Å². The van der Waals surface area contributed by atoms with Gasteiger partial charge >= 0.3 is 0 Å². The van der Waals surface area contributed by atoms with Crippen molar-refractivity contribution in [2.24, 2.45) is 0 Å². The number of alkyl halides is 1. The Morgan fingerprint density at radius 1 is 1.33 bits per heavy atom. The Hall–Kier alpha value is -0.420. The van der Waals surface area contributed by atoms with E-state index in [9.17, 15) is 0 Å². The molecule has 0 aliphatic carbocycles. The van der Waals surface area contributed by atoms with E-state index < -0.39 is 0 Å². The van der Waals surface area contributed by atoms with Crippen LogP contribution < -0.4 is 0 Å². The molecule has 0 radical (unpaired) electrons. The molecule has 2 heterocycles. The van der Waals surface area contributed by atoms with Crippen LogP contribution in [-0.2, 0) is 19.0 Å². The summed E-state index contributed by atoms with van der Waals surface area (Å²) in [5.41, 5.74) is 0.983. The van der Waals surface area contributed by atoms with E-state index in [2.05, 4.69) is 41.2 Å². The van der Waals surface area contributed by atoms with Crippen molar-refractivity contribution in [2.45, 2.75) is 38.9 Å². The quantitative estimate of drug-likeness (QED) is 0.737. The van der Waals surface area contributed by atoms with E-state index in [-0.39, 0.29) is 0 Å². The maximum absolute atomic E-state index is 5.79. The molecule has 0 aliphatic heterocycles. The van der Waals surface area contributed by atoms with Crippen LogP contribution in [0.1, 0.15) is 29.4 Å². The van der Waals surface area contributed by atoms with E-state index in [4.69, 9.17) is 11.6 Å². The Labute approximate surface area is 121 Å². The summed E-state index contributed by atoms with van der Waals surface area (Å²) in [6.07, 6.45) is 0. The van der Waals surface area contributed by atoms with Gasteiger partial charge in [-0.05, 0) is 25.3 Å². The SMILES string of the molecule is CC(C)N(Cc1cccs1)Cc1nc(CCl)cs1. The minimum Gasteiger partial charge on any atom is -0.289 e. The molecule has 0 unspecified atom stereocenters. The molecule has 2 aromatic heterocycles. The highest BCUT2D eigenvalue weighted by molar-refractivity contribution is 7.10. The second kappa shape index (κ2) is 6.66. The summed E-state index contributed by atoms with van der Waals surface area (Å²) < 4.78 is 0. The molecule has 5 heteroatoms. The second-order valence-electron chi connectivity index (χ2n) is 4.44. The van der Waals surface area contributed by atoms with E-state index >= 15 is 0 Å². The monoisotopic (exact) mass is 300 g/mol. The molecule has 0 aliphatic rings. The van der Waals surface area contributed by atoms with Crippen LogP contribution in [0, 0.1) is 0 Å². The zero-order valence-electron chi connectivity index (χ0n) is 10.6. The summed E-state index contributed by atoms with van der Waals surface area (Å²) in [5.74, 6) is 0.503. The Balaban J connectivity index is 2.02. The Kier molecular flexibility index (Phi) is 5.18. The number of thiazole rings is 1. The summed E-state index contributed by atoms with van der Waals surface area (Å²) in [6.45, 7) is 6.34. The van der Waals surface area contributed by atoms with Crippen molar-refractivity contribution >= 4 is 34.3 Å². The topological polar surface area (TPSA) is 16.1 Å². The average molecular weight is 301 g/mol. The number of rotatable bonds is 6. The van der Waals surface area contributed by atoms with Gasteiger partial charge in [-0.25, -0.2) is 4.98 Å². The van der Waals surface area contributed by atoms with E-state index in [1.54, 1.807) is 11.3 Å². The fourth-order valence-corrected chi connectivity index (χ4v) is 3.46. The molecule has 0 saturated heterocycles. The van der Waals surface area contributed by atoms with Gasteiger partial charge in [-0.1, -0.05) is 6.07 Å². The summed E-state index contributed by atoms with van der Waals surface area (Å²) in [7, 11) is 0. The first-order chi connectivity index (χ1) is 8.69. The zero-order valence-corrected chi connectivity index (χ0v) is 13.0. The van der Waals surface area contributed by atoms with Crippen LogP contribution in [0.15, 0.2) is 22.9 Å². The highest BCUT2D eigenvalue weighted by Crippen LogP contribution is 2.19. The molecule has 0 amide bonds. The summed E-state index contributed by atoms with van der Waals surface area (Å²) in [5, 5.41) is 5.32. The summed E-state index contributed by atoms with van der Waals surface area (Å²) in [6, 6.07) is 4.80.